The fourth-order valence-electron chi connectivity index (χ4n) is 3.30. The van der Waals surface area contributed by atoms with Crippen LogP contribution in [0.1, 0.15) is 12.0 Å². The predicted molar refractivity (Wildman–Crippen MR) is 114 cm³/mol. The molecule has 0 saturated carbocycles. The van der Waals surface area contributed by atoms with E-state index >= 15 is 0 Å². The minimum absolute atomic E-state index is 0.128. The van der Waals surface area contributed by atoms with Crippen LogP contribution in [0.3, 0.4) is 0 Å². The van der Waals surface area contributed by atoms with E-state index in [2.05, 4.69) is 20.9 Å². The van der Waals surface area contributed by atoms with E-state index in [1.807, 2.05) is 0 Å². The Morgan fingerprint density at radius 2 is 1.71 bits per heavy atom. The number of benzene rings is 2. The van der Waals surface area contributed by atoms with Crippen LogP contribution in [-0.2, 0) is 11.2 Å². The Hall–Kier alpha value is -1.66. The van der Waals surface area contributed by atoms with Gasteiger partial charge in [0.05, 0.1) is 32.1 Å². The Bertz CT molecular complexity index is 1100. The number of hydrogen-bond acceptors (Lipinski definition) is 2. The SMILES string of the molecule is O=C1CCc2c(cc(Br)nc2-c2ccc(F)cc2Cl)N1c1c(Cl)cccc1Cl. The zero-order valence-corrected chi connectivity index (χ0v) is 18.0. The number of hydrogen-bond donors (Lipinski definition) is 0. The summed E-state index contributed by atoms with van der Waals surface area (Å²) in [5.74, 6) is -0.561. The van der Waals surface area contributed by atoms with Crippen LogP contribution in [0.5, 0.6) is 0 Å². The van der Waals surface area contributed by atoms with Crippen molar-refractivity contribution in [1.29, 1.82) is 0 Å². The van der Waals surface area contributed by atoms with Crippen molar-refractivity contribution in [3.63, 3.8) is 0 Å². The molecule has 1 aliphatic rings. The molecule has 0 aliphatic carbocycles. The third-order valence-electron chi connectivity index (χ3n) is 4.50. The molecule has 0 radical (unpaired) electrons. The van der Waals surface area contributed by atoms with Gasteiger partial charge < -0.3 is 0 Å². The van der Waals surface area contributed by atoms with Gasteiger partial charge in [-0.1, -0.05) is 40.9 Å². The number of halogens is 5. The lowest BCUT2D eigenvalue weighted by Gasteiger charge is -2.32. The van der Waals surface area contributed by atoms with Crippen LogP contribution in [0.15, 0.2) is 47.1 Å². The molecule has 1 amide bonds. The normalized spacial score (nSPS) is 13.6. The molecule has 3 nitrogen and oxygen atoms in total. The van der Waals surface area contributed by atoms with Crippen LogP contribution in [-0.4, -0.2) is 10.9 Å². The molecule has 2 heterocycles. The van der Waals surface area contributed by atoms with Crippen LogP contribution >= 0.6 is 50.7 Å². The first kappa shape index (κ1) is 19.6. The van der Waals surface area contributed by atoms with Crippen molar-refractivity contribution in [3.05, 3.63) is 73.5 Å². The molecule has 0 fully saturated rings. The van der Waals surface area contributed by atoms with E-state index in [0.29, 0.717) is 43.7 Å². The molecular formula is C20H11BrCl3FN2O. The van der Waals surface area contributed by atoms with Crippen LogP contribution in [0.4, 0.5) is 15.8 Å². The summed E-state index contributed by atoms with van der Waals surface area (Å²) in [4.78, 5) is 18.9. The van der Waals surface area contributed by atoms with Gasteiger partial charge in [0.2, 0.25) is 5.91 Å². The third kappa shape index (κ3) is 3.41. The van der Waals surface area contributed by atoms with Crippen LogP contribution in [0.2, 0.25) is 15.1 Å². The van der Waals surface area contributed by atoms with Crippen LogP contribution in [0, 0.1) is 5.82 Å². The maximum atomic E-state index is 13.5. The molecule has 0 bridgehead atoms. The summed E-state index contributed by atoms with van der Waals surface area (Å²) in [7, 11) is 0. The van der Waals surface area contributed by atoms with Crippen molar-refractivity contribution in [2.24, 2.45) is 0 Å². The first-order valence-corrected chi connectivity index (χ1v) is 10.2. The number of rotatable bonds is 2. The second-order valence-corrected chi connectivity index (χ2v) is 8.25. The number of amides is 1. The van der Waals surface area contributed by atoms with E-state index < -0.39 is 5.82 Å². The molecule has 0 saturated heterocycles. The number of anilines is 2. The van der Waals surface area contributed by atoms with Crippen molar-refractivity contribution in [2.75, 3.05) is 4.90 Å². The molecule has 0 N–H and O–H groups in total. The van der Waals surface area contributed by atoms with E-state index in [1.54, 1.807) is 30.3 Å². The number of carbonyl (C=O) groups excluding carboxylic acids is 1. The summed E-state index contributed by atoms with van der Waals surface area (Å²) in [6.45, 7) is 0. The van der Waals surface area contributed by atoms with Gasteiger partial charge in [-0.3, -0.25) is 9.69 Å². The molecule has 1 aromatic heterocycles. The average Bonchev–Trinajstić information content (AvgIpc) is 2.62. The third-order valence-corrected chi connectivity index (χ3v) is 5.82. The number of aromatic nitrogens is 1. The largest absolute Gasteiger partial charge is 0.278 e. The van der Waals surface area contributed by atoms with E-state index in [-0.39, 0.29) is 17.4 Å². The summed E-state index contributed by atoms with van der Waals surface area (Å²) in [6.07, 6.45) is 0.722. The van der Waals surface area contributed by atoms with Crippen LogP contribution in [0.25, 0.3) is 11.3 Å². The Morgan fingerprint density at radius 1 is 1.00 bits per heavy atom. The molecule has 28 heavy (non-hydrogen) atoms. The molecule has 3 aromatic rings. The van der Waals surface area contributed by atoms with Crippen molar-refractivity contribution >= 4 is 68.0 Å². The summed E-state index contributed by atoms with van der Waals surface area (Å²) in [5.41, 5.74) is 3.01. The van der Waals surface area contributed by atoms with Gasteiger partial charge in [0.15, 0.2) is 0 Å². The lowest BCUT2D eigenvalue weighted by atomic mass is 9.95. The lowest BCUT2D eigenvalue weighted by molar-refractivity contribution is -0.118. The Balaban J connectivity index is 1.98. The monoisotopic (exact) mass is 498 g/mol. The second kappa shape index (κ2) is 7.64. The van der Waals surface area contributed by atoms with Crippen molar-refractivity contribution in [1.82, 2.24) is 4.98 Å². The minimum atomic E-state index is -0.433. The first-order valence-electron chi connectivity index (χ1n) is 8.28. The van der Waals surface area contributed by atoms with Gasteiger partial charge in [-0.2, -0.15) is 0 Å². The predicted octanol–water partition coefficient (Wildman–Crippen LogP) is 7.22. The van der Waals surface area contributed by atoms with Crippen molar-refractivity contribution < 1.29 is 9.18 Å². The van der Waals surface area contributed by atoms with E-state index in [1.165, 1.54) is 17.0 Å². The van der Waals surface area contributed by atoms with Gasteiger partial charge in [0.25, 0.3) is 0 Å². The summed E-state index contributed by atoms with van der Waals surface area (Å²) in [6, 6.07) is 11.0. The molecule has 2 aromatic carbocycles. The Labute approximate surface area is 184 Å². The molecule has 8 heteroatoms. The molecule has 0 unspecified atom stereocenters. The quantitative estimate of drug-likeness (QED) is 0.348. The number of carbonyl (C=O) groups is 1. The van der Waals surface area contributed by atoms with E-state index in [0.717, 1.165) is 5.56 Å². The van der Waals surface area contributed by atoms with E-state index in [9.17, 15) is 9.18 Å². The molecule has 0 spiro atoms. The summed E-state index contributed by atoms with van der Waals surface area (Å²) in [5, 5.41) is 0.970. The highest BCUT2D eigenvalue weighted by Crippen LogP contribution is 2.45. The molecule has 1 aliphatic heterocycles. The average molecular weight is 501 g/mol. The van der Waals surface area contributed by atoms with Crippen molar-refractivity contribution in [3.8, 4) is 11.3 Å². The minimum Gasteiger partial charge on any atom is -0.278 e. The standard InChI is InChI=1S/C20H11BrCl3FN2O/c21-17-9-16-12(19(26-17)11-5-4-10(25)8-15(11)24)6-7-18(28)27(16)20-13(22)2-1-3-14(20)23/h1-5,8-9H,6-7H2. The number of nitrogens with zero attached hydrogens (tertiary/aromatic N) is 2. The van der Waals surface area contributed by atoms with Gasteiger partial charge in [-0.25, -0.2) is 9.37 Å². The van der Waals surface area contributed by atoms with E-state index in [4.69, 9.17) is 34.8 Å². The highest BCUT2D eigenvalue weighted by atomic mass is 79.9. The maximum Gasteiger partial charge on any atom is 0.231 e. The number of para-hydroxylation sites is 1. The number of fused-ring (bicyclic) bond motifs is 1. The zero-order chi connectivity index (χ0) is 20.0. The summed E-state index contributed by atoms with van der Waals surface area (Å²) >= 11 is 22.4. The topological polar surface area (TPSA) is 33.2 Å². The first-order chi connectivity index (χ1) is 13.4. The smallest absolute Gasteiger partial charge is 0.231 e. The summed E-state index contributed by atoms with van der Waals surface area (Å²) < 4.78 is 14.0. The highest BCUT2D eigenvalue weighted by Gasteiger charge is 2.31. The fraction of sp³-hybridized carbons (Fsp3) is 0.100. The van der Waals surface area contributed by atoms with Crippen LogP contribution < -0.4 is 4.90 Å². The van der Waals surface area contributed by atoms with Gasteiger partial charge in [-0.05, 0) is 58.7 Å². The van der Waals surface area contributed by atoms with Gasteiger partial charge in [0.1, 0.15) is 10.4 Å². The molecule has 142 valence electrons. The van der Waals surface area contributed by atoms with Gasteiger partial charge in [0, 0.05) is 17.5 Å². The van der Waals surface area contributed by atoms with Gasteiger partial charge in [-0.15, -0.1) is 0 Å². The highest BCUT2D eigenvalue weighted by molar-refractivity contribution is 9.10. The maximum absolute atomic E-state index is 13.5. The van der Waals surface area contributed by atoms with Gasteiger partial charge >= 0.3 is 0 Å². The molecular weight excluding hydrogens is 489 g/mol. The Morgan fingerprint density at radius 3 is 2.39 bits per heavy atom. The molecule has 0 atom stereocenters. The number of pyridine rings is 1. The Kier molecular flexibility index (Phi) is 5.36. The lowest BCUT2D eigenvalue weighted by Crippen LogP contribution is -2.32. The second-order valence-electron chi connectivity index (χ2n) is 6.21. The van der Waals surface area contributed by atoms with Crippen molar-refractivity contribution in [2.45, 2.75) is 12.8 Å². The molecule has 4 rings (SSSR count). The fourth-order valence-corrected chi connectivity index (χ4v) is 4.52. The zero-order valence-electron chi connectivity index (χ0n) is 14.1.